The first kappa shape index (κ1) is 15.8. The molecule has 0 aromatic carbocycles. The molecule has 6 heteroatoms. The molecule has 2 aliphatic rings. The number of carbonyl (C=O) groups is 1. The first-order valence-electron chi connectivity index (χ1n) is 8.78. The van der Waals surface area contributed by atoms with Gasteiger partial charge in [-0.15, -0.1) is 11.3 Å². The van der Waals surface area contributed by atoms with Crippen molar-refractivity contribution in [1.29, 1.82) is 0 Å². The van der Waals surface area contributed by atoms with E-state index in [9.17, 15) is 4.79 Å². The molecule has 1 saturated heterocycles. The van der Waals surface area contributed by atoms with Crippen LogP contribution in [0.25, 0.3) is 0 Å². The molecule has 24 heavy (non-hydrogen) atoms. The summed E-state index contributed by atoms with van der Waals surface area (Å²) >= 11 is 1.84. The fourth-order valence-corrected chi connectivity index (χ4v) is 4.96. The van der Waals surface area contributed by atoms with Crippen molar-refractivity contribution in [3.05, 3.63) is 33.5 Å². The van der Waals surface area contributed by atoms with E-state index >= 15 is 0 Å². The van der Waals surface area contributed by atoms with Gasteiger partial charge in [0.1, 0.15) is 11.6 Å². The van der Waals surface area contributed by atoms with Gasteiger partial charge in [0, 0.05) is 34.7 Å². The van der Waals surface area contributed by atoms with Gasteiger partial charge in [-0.1, -0.05) is 0 Å². The van der Waals surface area contributed by atoms with Crippen LogP contribution < -0.4 is 0 Å². The molecule has 3 heterocycles. The van der Waals surface area contributed by atoms with Gasteiger partial charge in [-0.2, -0.15) is 5.10 Å². The van der Waals surface area contributed by atoms with Crippen LogP contribution in [0.15, 0.2) is 12.1 Å². The summed E-state index contributed by atoms with van der Waals surface area (Å²) in [4.78, 5) is 22.1. The molecule has 0 N–H and O–H groups in total. The minimum Gasteiger partial charge on any atom is -0.340 e. The van der Waals surface area contributed by atoms with Crippen molar-refractivity contribution >= 4 is 17.2 Å². The van der Waals surface area contributed by atoms with Gasteiger partial charge < -0.3 is 4.90 Å². The molecule has 128 valence electrons. The Morgan fingerprint density at radius 3 is 2.79 bits per heavy atom. The highest BCUT2D eigenvalue weighted by Crippen LogP contribution is 2.50. The number of likely N-dealkylation sites (tertiary alicyclic amines) is 1. The number of rotatable bonds is 3. The Morgan fingerprint density at radius 2 is 2.12 bits per heavy atom. The lowest BCUT2D eigenvalue weighted by Crippen LogP contribution is -2.42. The minimum atomic E-state index is 0.195. The van der Waals surface area contributed by atoms with Gasteiger partial charge in [0.2, 0.25) is 5.91 Å². The predicted molar refractivity (Wildman–Crippen MR) is 94.3 cm³/mol. The van der Waals surface area contributed by atoms with Crippen LogP contribution in [-0.4, -0.2) is 38.7 Å². The number of piperidine rings is 1. The van der Waals surface area contributed by atoms with Crippen LogP contribution in [0.3, 0.4) is 0 Å². The second kappa shape index (κ2) is 5.99. The zero-order valence-electron chi connectivity index (χ0n) is 14.5. The Hall–Kier alpha value is -1.69. The van der Waals surface area contributed by atoms with Gasteiger partial charge in [0.25, 0.3) is 0 Å². The zero-order valence-corrected chi connectivity index (χ0v) is 15.3. The third-order valence-corrected chi connectivity index (χ3v) is 6.33. The maximum atomic E-state index is 12.9. The monoisotopic (exact) mass is 344 g/mol. The standard InChI is InChI=1S/C18H24N4OS/c1-11-6-7-17(24-11)15-9-16(15)18(23)21-8-4-5-14(10-21)22-13(3)19-12(2)20-22/h6-7,14-16H,4-5,8-10H2,1-3H3/t14-,15+,16-/m1/s1. The Balaban J connectivity index is 1.43. The summed E-state index contributed by atoms with van der Waals surface area (Å²) in [6, 6.07) is 4.62. The lowest BCUT2D eigenvalue weighted by molar-refractivity contribution is -0.134. The normalized spacial score (nSPS) is 26.6. The highest BCUT2D eigenvalue weighted by atomic mass is 32.1. The van der Waals surface area contributed by atoms with E-state index < -0.39 is 0 Å². The number of aryl methyl sites for hydroxylation is 3. The zero-order chi connectivity index (χ0) is 16.8. The van der Waals surface area contributed by atoms with Crippen LogP contribution in [0.5, 0.6) is 0 Å². The largest absolute Gasteiger partial charge is 0.340 e. The topological polar surface area (TPSA) is 51.0 Å². The molecule has 5 nitrogen and oxygen atoms in total. The Morgan fingerprint density at radius 1 is 1.29 bits per heavy atom. The van der Waals surface area contributed by atoms with Gasteiger partial charge >= 0.3 is 0 Å². The van der Waals surface area contributed by atoms with Crippen molar-refractivity contribution in [1.82, 2.24) is 19.7 Å². The van der Waals surface area contributed by atoms with Crippen molar-refractivity contribution in [2.45, 2.75) is 52.0 Å². The van der Waals surface area contributed by atoms with Gasteiger partial charge in [-0.3, -0.25) is 4.79 Å². The van der Waals surface area contributed by atoms with Crippen LogP contribution in [0.1, 0.15) is 52.6 Å². The molecule has 4 rings (SSSR count). The summed E-state index contributed by atoms with van der Waals surface area (Å²) < 4.78 is 2.02. The third-order valence-electron chi connectivity index (χ3n) is 5.20. The van der Waals surface area contributed by atoms with Crippen LogP contribution in [0.2, 0.25) is 0 Å². The van der Waals surface area contributed by atoms with E-state index in [1.54, 1.807) is 0 Å². The second-order valence-electron chi connectivity index (χ2n) is 7.13. The van der Waals surface area contributed by atoms with Crippen molar-refractivity contribution in [3.63, 3.8) is 0 Å². The van der Waals surface area contributed by atoms with E-state index in [1.165, 1.54) is 9.75 Å². The van der Waals surface area contributed by atoms with E-state index in [2.05, 4.69) is 34.0 Å². The summed E-state index contributed by atoms with van der Waals surface area (Å²) in [6.45, 7) is 7.71. The summed E-state index contributed by atoms with van der Waals surface area (Å²) in [6.07, 6.45) is 3.14. The quantitative estimate of drug-likeness (QED) is 0.859. The Labute approximate surface area is 146 Å². The molecule has 0 bridgehead atoms. The highest BCUT2D eigenvalue weighted by Gasteiger charge is 2.47. The molecule has 1 amide bonds. The van der Waals surface area contributed by atoms with Gasteiger partial charge in [0.05, 0.1) is 6.04 Å². The van der Waals surface area contributed by atoms with Gasteiger partial charge in [-0.05, 0) is 52.2 Å². The molecular formula is C18H24N4OS. The first-order valence-corrected chi connectivity index (χ1v) is 9.59. The third kappa shape index (κ3) is 2.88. The fourth-order valence-electron chi connectivity index (χ4n) is 3.91. The van der Waals surface area contributed by atoms with E-state index in [-0.39, 0.29) is 12.0 Å². The molecule has 2 aromatic rings. The molecule has 0 unspecified atom stereocenters. The maximum absolute atomic E-state index is 12.9. The number of nitrogens with zero attached hydrogens (tertiary/aromatic N) is 4. The van der Waals surface area contributed by atoms with Gasteiger partial charge in [0.15, 0.2) is 0 Å². The molecule has 2 fully saturated rings. The minimum absolute atomic E-state index is 0.195. The molecule has 0 spiro atoms. The second-order valence-corrected chi connectivity index (χ2v) is 8.45. The molecular weight excluding hydrogens is 320 g/mol. The number of aromatic nitrogens is 3. The number of thiophene rings is 1. The molecule has 1 saturated carbocycles. The van der Waals surface area contributed by atoms with E-state index in [1.807, 2.05) is 29.9 Å². The summed E-state index contributed by atoms with van der Waals surface area (Å²) in [7, 11) is 0. The van der Waals surface area contributed by atoms with Crippen LogP contribution in [0, 0.1) is 26.7 Å². The van der Waals surface area contributed by atoms with Crippen molar-refractivity contribution < 1.29 is 4.79 Å². The molecule has 3 atom stereocenters. The molecule has 1 aliphatic carbocycles. The van der Waals surface area contributed by atoms with Crippen molar-refractivity contribution in [2.75, 3.05) is 13.1 Å². The van der Waals surface area contributed by atoms with Crippen LogP contribution in [-0.2, 0) is 4.79 Å². The van der Waals surface area contributed by atoms with E-state index in [0.717, 1.165) is 44.0 Å². The summed E-state index contributed by atoms with van der Waals surface area (Å²) in [5, 5.41) is 4.52. The first-order chi connectivity index (χ1) is 11.5. The average molecular weight is 344 g/mol. The van der Waals surface area contributed by atoms with Crippen LogP contribution >= 0.6 is 11.3 Å². The van der Waals surface area contributed by atoms with E-state index in [0.29, 0.717) is 11.8 Å². The molecule has 2 aromatic heterocycles. The Kier molecular flexibility index (Phi) is 3.95. The number of carbonyl (C=O) groups excluding carboxylic acids is 1. The van der Waals surface area contributed by atoms with E-state index in [4.69, 9.17) is 0 Å². The highest BCUT2D eigenvalue weighted by molar-refractivity contribution is 7.12. The average Bonchev–Trinajstić information content (AvgIpc) is 3.13. The lowest BCUT2D eigenvalue weighted by atomic mass is 10.0. The van der Waals surface area contributed by atoms with Crippen molar-refractivity contribution in [2.24, 2.45) is 5.92 Å². The van der Waals surface area contributed by atoms with Crippen molar-refractivity contribution in [3.8, 4) is 0 Å². The Bertz CT molecular complexity index is 765. The molecule has 1 aliphatic heterocycles. The fraction of sp³-hybridized carbons (Fsp3) is 0.611. The smallest absolute Gasteiger partial charge is 0.226 e. The number of amides is 1. The number of hydrogen-bond donors (Lipinski definition) is 0. The van der Waals surface area contributed by atoms with Gasteiger partial charge in [-0.25, -0.2) is 9.67 Å². The summed E-state index contributed by atoms with van der Waals surface area (Å²) in [5.41, 5.74) is 0. The summed E-state index contributed by atoms with van der Waals surface area (Å²) in [5.74, 6) is 2.74. The molecule has 0 radical (unpaired) electrons. The predicted octanol–water partition coefficient (Wildman–Crippen LogP) is 3.23. The maximum Gasteiger partial charge on any atom is 0.226 e. The van der Waals surface area contributed by atoms with Crippen LogP contribution in [0.4, 0.5) is 0 Å². The SMILES string of the molecule is Cc1nc(C)n([C@@H]2CCCN(C(=O)[C@@H]3C[C@@H]3c3ccc(C)s3)C2)n1. The number of hydrogen-bond acceptors (Lipinski definition) is 4. The lowest BCUT2D eigenvalue weighted by Gasteiger charge is -2.33.